The van der Waals surface area contributed by atoms with Crippen LogP contribution in [0.5, 0.6) is 0 Å². The topological polar surface area (TPSA) is 48.4 Å². The molecule has 0 radical (unpaired) electrons. The predicted molar refractivity (Wildman–Crippen MR) is 67.2 cm³/mol. The molecular weight excluding hydrogens is 222 g/mol. The highest BCUT2D eigenvalue weighted by Crippen LogP contribution is 2.21. The van der Waals surface area contributed by atoms with Crippen molar-refractivity contribution in [1.29, 1.82) is 0 Å². The van der Waals surface area contributed by atoms with Gasteiger partial charge in [0, 0.05) is 24.5 Å². The van der Waals surface area contributed by atoms with Crippen molar-refractivity contribution < 1.29 is 5.11 Å². The molecule has 5 heteroatoms. The van der Waals surface area contributed by atoms with Crippen LogP contribution in [0.4, 0.5) is 5.13 Å². The molecule has 0 bridgehead atoms. The Kier molecular flexibility index (Phi) is 4.15. The second kappa shape index (κ2) is 5.61. The highest BCUT2D eigenvalue weighted by molar-refractivity contribution is 7.13. The lowest BCUT2D eigenvalue weighted by molar-refractivity contribution is 0.300. The normalized spacial score (nSPS) is 20.2. The van der Waals surface area contributed by atoms with E-state index in [1.54, 1.807) is 11.3 Å². The lowest BCUT2D eigenvalue weighted by Crippen LogP contribution is -2.39. The van der Waals surface area contributed by atoms with Crippen LogP contribution in [0.3, 0.4) is 0 Å². The molecule has 0 spiro atoms. The van der Waals surface area contributed by atoms with Gasteiger partial charge >= 0.3 is 0 Å². The number of aromatic nitrogens is 1. The summed E-state index contributed by atoms with van der Waals surface area (Å²) in [5.41, 5.74) is 1.06. The number of aliphatic hydroxyl groups is 1. The number of hydrogen-bond acceptors (Lipinski definition) is 5. The summed E-state index contributed by atoms with van der Waals surface area (Å²) in [7, 11) is 0. The Bertz CT molecular complexity index is 323. The Labute approximate surface area is 100 Å². The van der Waals surface area contributed by atoms with Gasteiger partial charge in [-0.15, -0.1) is 11.3 Å². The van der Waals surface area contributed by atoms with E-state index in [-0.39, 0.29) is 6.61 Å². The number of nitrogens with one attached hydrogen (secondary N) is 1. The lowest BCUT2D eigenvalue weighted by atomic mass is 10.2. The van der Waals surface area contributed by atoms with Crippen LogP contribution >= 0.6 is 11.3 Å². The van der Waals surface area contributed by atoms with E-state index in [1.165, 1.54) is 12.8 Å². The van der Waals surface area contributed by atoms with E-state index in [2.05, 4.69) is 20.6 Å². The molecule has 0 amide bonds. The fraction of sp³-hybridized carbons (Fsp3) is 0.727. The molecule has 1 unspecified atom stereocenters. The summed E-state index contributed by atoms with van der Waals surface area (Å²) < 4.78 is 0. The van der Waals surface area contributed by atoms with Crippen molar-refractivity contribution in [2.75, 3.05) is 31.1 Å². The van der Waals surface area contributed by atoms with E-state index in [9.17, 15) is 0 Å². The van der Waals surface area contributed by atoms with E-state index in [0.29, 0.717) is 12.6 Å². The molecule has 4 nitrogen and oxygen atoms in total. The summed E-state index contributed by atoms with van der Waals surface area (Å²) in [5.74, 6) is 0. The monoisotopic (exact) mass is 241 g/mol. The van der Waals surface area contributed by atoms with Crippen molar-refractivity contribution in [1.82, 2.24) is 10.3 Å². The standard InChI is InChI=1S/C11H19N3OS/c1-9-8-16-11(13-9)14(5-6-15)7-10-3-2-4-12-10/h8,10,12,15H,2-7H2,1H3. The molecule has 90 valence electrons. The van der Waals surface area contributed by atoms with Crippen LogP contribution < -0.4 is 10.2 Å². The van der Waals surface area contributed by atoms with Crippen molar-refractivity contribution >= 4 is 16.5 Å². The molecule has 2 rings (SSSR count). The van der Waals surface area contributed by atoms with Gasteiger partial charge < -0.3 is 15.3 Å². The van der Waals surface area contributed by atoms with Crippen LogP contribution in [0.1, 0.15) is 18.5 Å². The summed E-state index contributed by atoms with van der Waals surface area (Å²) in [5, 5.41) is 15.7. The second-order valence-electron chi connectivity index (χ2n) is 4.23. The zero-order valence-corrected chi connectivity index (χ0v) is 10.5. The Balaban J connectivity index is 1.98. The van der Waals surface area contributed by atoms with Crippen LogP contribution in [0.15, 0.2) is 5.38 Å². The molecule has 1 aromatic rings. The minimum atomic E-state index is 0.186. The van der Waals surface area contributed by atoms with Gasteiger partial charge in [-0.2, -0.15) is 0 Å². The van der Waals surface area contributed by atoms with Crippen molar-refractivity contribution in [3.05, 3.63) is 11.1 Å². The number of nitrogens with zero attached hydrogens (tertiary/aromatic N) is 2. The summed E-state index contributed by atoms with van der Waals surface area (Å²) in [6.07, 6.45) is 2.49. The molecule has 16 heavy (non-hydrogen) atoms. The van der Waals surface area contributed by atoms with Crippen molar-refractivity contribution in [3.63, 3.8) is 0 Å². The maximum absolute atomic E-state index is 9.09. The van der Waals surface area contributed by atoms with E-state index in [1.807, 2.05) is 6.92 Å². The third-order valence-corrected chi connectivity index (χ3v) is 3.87. The minimum absolute atomic E-state index is 0.186. The molecule has 1 aliphatic rings. The zero-order valence-electron chi connectivity index (χ0n) is 9.65. The predicted octanol–water partition coefficient (Wildman–Crippen LogP) is 1.00. The van der Waals surface area contributed by atoms with Gasteiger partial charge in [-0.3, -0.25) is 0 Å². The number of aryl methyl sites for hydroxylation is 1. The van der Waals surface area contributed by atoms with Gasteiger partial charge in [-0.25, -0.2) is 4.98 Å². The molecule has 0 saturated carbocycles. The highest BCUT2D eigenvalue weighted by atomic mass is 32.1. The average molecular weight is 241 g/mol. The van der Waals surface area contributed by atoms with Gasteiger partial charge in [0.2, 0.25) is 0 Å². The number of hydrogen-bond donors (Lipinski definition) is 2. The number of thiazole rings is 1. The zero-order chi connectivity index (χ0) is 11.4. The van der Waals surface area contributed by atoms with E-state index in [4.69, 9.17) is 5.11 Å². The van der Waals surface area contributed by atoms with Crippen LogP contribution in [0, 0.1) is 6.92 Å². The molecule has 1 fully saturated rings. The summed E-state index contributed by atoms with van der Waals surface area (Å²) in [6, 6.07) is 0.552. The summed E-state index contributed by atoms with van der Waals surface area (Å²) in [4.78, 5) is 6.66. The molecule has 2 heterocycles. The molecule has 1 aliphatic heterocycles. The van der Waals surface area contributed by atoms with Gasteiger partial charge in [0.25, 0.3) is 0 Å². The Morgan fingerprint density at radius 3 is 3.12 bits per heavy atom. The number of rotatable bonds is 5. The number of aliphatic hydroxyl groups excluding tert-OH is 1. The Hall–Kier alpha value is -0.650. The van der Waals surface area contributed by atoms with Gasteiger partial charge in [0.1, 0.15) is 0 Å². The maximum atomic E-state index is 9.09. The third kappa shape index (κ3) is 2.93. The minimum Gasteiger partial charge on any atom is -0.395 e. The van der Waals surface area contributed by atoms with E-state index < -0.39 is 0 Å². The maximum Gasteiger partial charge on any atom is 0.185 e. The van der Waals surface area contributed by atoms with Gasteiger partial charge in [-0.05, 0) is 26.3 Å². The first-order valence-electron chi connectivity index (χ1n) is 5.81. The first-order valence-corrected chi connectivity index (χ1v) is 6.69. The van der Waals surface area contributed by atoms with E-state index in [0.717, 1.165) is 23.9 Å². The Morgan fingerprint density at radius 2 is 2.56 bits per heavy atom. The lowest BCUT2D eigenvalue weighted by Gasteiger charge is -2.24. The van der Waals surface area contributed by atoms with Crippen LogP contribution in [-0.4, -0.2) is 42.4 Å². The van der Waals surface area contributed by atoms with Crippen LogP contribution in [0.25, 0.3) is 0 Å². The SMILES string of the molecule is Cc1csc(N(CCO)CC2CCCN2)n1. The largest absolute Gasteiger partial charge is 0.395 e. The fourth-order valence-corrected chi connectivity index (χ4v) is 2.89. The number of anilines is 1. The van der Waals surface area contributed by atoms with Gasteiger partial charge in [0.05, 0.1) is 12.3 Å². The van der Waals surface area contributed by atoms with Crippen molar-refractivity contribution in [2.45, 2.75) is 25.8 Å². The first-order chi connectivity index (χ1) is 7.79. The molecule has 1 saturated heterocycles. The molecule has 0 aromatic carbocycles. The second-order valence-corrected chi connectivity index (χ2v) is 5.07. The van der Waals surface area contributed by atoms with Gasteiger partial charge in [0.15, 0.2) is 5.13 Å². The molecule has 0 aliphatic carbocycles. The fourth-order valence-electron chi connectivity index (χ4n) is 2.05. The van der Waals surface area contributed by atoms with Crippen molar-refractivity contribution in [3.8, 4) is 0 Å². The van der Waals surface area contributed by atoms with Gasteiger partial charge in [-0.1, -0.05) is 0 Å². The molecule has 1 aromatic heterocycles. The van der Waals surface area contributed by atoms with E-state index >= 15 is 0 Å². The smallest absolute Gasteiger partial charge is 0.185 e. The first kappa shape index (κ1) is 11.8. The third-order valence-electron chi connectivity index (χ3n) is 2.85. The summed E-state index contributed by atoms with van der Waals surface area (Å²) in [6.45, 7) is 4.93. The Morgan fingerprint density at radius 1 is 1.69 bits per heavy atom. The van der Waals surface area contributed by atoms with Crippen LogP contribution in [0.2, 0.25) is 0 Å². The van der Waals surface area contributed by atoms with Crippen LogP contribution in [-0.2, 0) is 0 Å². The average Bonchev–Trinajstić information content (AvgIpc) is 2.88. The van der Waals surface area contributed by atoms with Crippen molar-refractivity contribution in [2.24, 2.45) is 0 Å². The molecule has 1 atom stereocenters. The summed E-state index contributed by atoms with van der Waals surface area (Å²) >= 11 is 1.66. The molecular formula is C11H19N3OS. The highest BCUT2D eigenvalue weighted by Gasteiger charge is 2.19. The molecule has 2 N–H and O–H groups in total. The quantitative estimate of drug-likeness (QED) is 0.807.